The Bertz CT molecular complexity index is 969. The van der Waals surface area contributed by atoms with Gasteiger partial charge in [0, 0.05) is 22.3 Å². The minimum Gasteiger partial charge on any atom is -0.325 e. The van der Waals surface area contributed by atoms with Crippen molar-refractivity contribution in [2.45, 2.75) is 17.8 Å². The second-order valence-corrected chi connectivity index (χ2v) is 7.68. The average Bonchev–Trinajstić information content (AvgIpc) is 2.98. The third-order valence-corrected chi connectivity index (χ3v) is 6.11. The molecule has 5 heteroatoms. The zero-order valence-corrected chi connectivity index (χ0v) is 14.2. The van der Waals surface area contributed by atoms with Gasteiger partial charge in [-0.2, -0.15) is 0 Å². The molecule has 3 nitrogen and oxygen atoms in total. The van der Waals surface area contributed by atoms with Crippen LogP contribution in [-0.2, 0) is 10.2 Å². The molecule has 1 saturated carbocycles. The van der Waals surface area contributed by atoms with E-state index in [9.17, 15) is 4.79 Å². The highest BCUT2D eigenvalue weighted by Gasteiger charge is 2.65. The van der Waals surface area contributed by atoms with Gasteiger partial charge in [0.1, 0.15) is 0 Å². The van der Waals surface area contributed by atoms with E-state index in [0.717, 1.165) is 33.9 Å². The Morgan fingerprint density at radius 1 is 1.21 bits per heavy atom. The van der Waals surface area contributed by atoms with Gasteiger partial charge in [-0.1, -0.05) is 23.7 Å². The number of hydrogen-bond donors (Lipinski definition) is 1. The van der Waals surface area contributed by atoms with Crippen LogP contribution in [0.4, 0.5) is 5.69 Å². The van der Waals surface area contributed by atoms with Gasteiger partial charge in [-0.3, -0.25) is 9.78 Å². The Morgan fingerprint density at radius 3 is 2.96 bits per heavy atom. The molecule has 1 amide bonds. The van der Waals surface area contributed by atoms with Crippen LogP contribution in [0.15, 0.2) is 53.9 Å². The molecule has 1 N–H and O–H groups in total. The summed E-state index contributed by atoms with van der Waals surface area (Å²) in [6.07, 6.45) is 0.785. The van der Waals surface area contributed by atoms with E-state index in [1.807, 2.05) is 47.8 Å². The van der Waals surface area contributed by atoms with Gasteiger partial charge in [-0.25, -0.2) is 0 Å². The number of nitrogens with zero attached hydrogens (tertiary/aromatic N) is 1. The summed E-state index contributed by atoms with van der Waals surface area (Å²) in [7, 11) is 0. The Kier molecular flexibility index (Phi) is 2.91. The van der Waals surface area contributed by atoms with Gasteiger partial charge in [0.2, 0.25) is 5.91 Å². The average molecular weight is 353 g/mol. The fourth-order valence-corrected chi connectivity index (χ4v) is 4.59. The Labute approximate surface area is 148 Å². The molecule has 1 spiro atoms. The maximum Gasteiger partial charge on any atom is 0.235 e. The van der Waals surface area contributed by atoms with Crippen molar-refractivity contribution in [1.82, 2.24) is 4.98 Å². The fraction of sp³-hybridized carbons (Fsp3) is 0.158. The topological polar surface area (TPSA) is 42.0 Å². The number of hydrogen-bond acceptors (Lipinski definition) is 3. The number of amides is 1. The van der Waals surface area contributed by atoms with E-state index in [4.69, 9.17) is 16.6 Å². The molecule has 0 bridgehead atoms. The lowest BCUT2D eigenvalue weighted by Gasteiger charge is -2.09. The molecule has 5 rings (SSSR count). The van der Waals surface area contributed by atoms with Crippen LogP contribution < -0.4 is 5.32 Å². The van der Waals surface area contributed by atoms with Crippen molar-refractivity contribution in [3.8, 4) is 10.6 Å². The van der Waals surface area contributed by atoms with Crippen molar-refractivity contribution >= 4 is 34.5 Å². The van der Waals surface area contributed by atoms with E-state index in [0.29, 0.717) is 5.02 Å². The maximum atomic E-state index is 12.6. The van der Waals surface area contributed by atoms with Gasteiger partial charge in [0.15, 0.2) is 0 Å². The van der Waals surface area contributed by atoms with Gasteiger partial charge in [0.05, 0.1) is 16.0 Å². The Hall–Kier alpha value is -2.17. The zero-order valence-electron chi connectivity index (χ0n) is 12.6. The fourth-order valence-electron chi connectivity index (χ4n) is 3.73. The number of nitrogens with one attached hydrogen (secondary N) is 1. The smallest absolute Gasteiger partial charge is 0.235 e. The molecule has 3 heterocycles. The number of carbonyl (C=O) groups is 1. The number of rotatable bonds is 2. The second-order valence-electron chi connectivity index (χ2n) is 6.30. The van der Waals surface area contributed by atoms with Crippen LogP contribution in [0.5, 0.6) is 0 Å². The second kappa shape index (κ2) is 4.91. The highest BCUT2D eigenvalue weighted by atomic mass is 35.5. The first-order valence-electron chi connectivity index (χ1n) is 7.81. The summed E-state index contributed by atoms with van der Waals surface area (Å²) >= 11 is 7.83. The van der Waals surface area contributed by atoms with E-state index in [2.05, 4.69) is 11.4 Å². The molecule has 2 aromatic heterocycles. The Balaban J connectivity index is 1.57. The first kappa shape index (κ1) is 14.2. The molecule has 1 aliphatic carbocycles. The number of anilines is 1. The third-order valence-electron chi connectivity index (χ3n) is 4.98. The predicted molar refractivity (Wildman–Crippen MR) is 96.7 cm³/mol. The van der Waals surface area contributed by atoms with Crippen molar-refractivity contribution in [3.63, 3.8) is 0 Å². The Morgan fingerprint density at radius 2 is 2.12 bits per heavy atom. The van der Waals surface area contributed by atoms with Crippen molar-refractivity contribution < 1.29 is 4.79 Å². The number of halogens is 1. The summed E-state index contributed by atoms with van der Waals surface area (Å²) in [6, 6.07) is 15.8. The van der Waals surface area contributed by atoms with Crippen molar-refractivity contribution in [1.29, 1.82) is 0 Å². The number of pyridine rings is 1. The number of fused-ring (bicyclic) bond motifs is 2. The molecule has 1 aliphatic heterocycles. The molecule has 2 aliphatic rings. The van der Waals surface area contributed by atoms with Crippen LogP contribution in [0.25, 0.3) is 10.6 Å². The van der Waals surface area contributed by atoms with E-state index < -0.39 is 5.41 Å². The number of benzene rings is 1. The molecule has 0 radical (unpaired) electrons. The monoisotopic (exact) mass is 352 g/mol. The first-order valence-corrected chi connectivity index (χ1v) is 9.06. The van der Waals surface area contributed by atoms with Crippen molar-refractivity contribution in [2.75, 3.05) is 5.32 Å². The van der Waals surface area contributed by atoms with E-state index in [-0.39, 0.29) is 11.8 Å². The summed E-state index contributed by atoms with van der Waals surface area (Å²) in [5, 5.41) is 5.71. The minimum atomic E-state index is -0.499. The summed E-state index contributed by atoms with van der Waals surface area (Å²) in [6.45, 7) is 0. The molecule has 1 fully saturated rings. The highest BCUT2D eigenvalue weighted by Crippen LogP contribution is 2.64. The number of aromatic nitrogens is 1. The van der Waals surface area contributed by atoms with Gasteiger partial charge in [0.25, 0.3) is 0 Å². The molecule has 2 atom stereocenters. The van der Waals surface area contributed by atoms with Gasteiger partial charge in [-0.05, 0) is 53.8 Å². The van der Waals surface area contributed by atoms with E-state index in [1.54, 1.807) is 11.3 Å². The molecule has 1 aromatic carbocycles. The lowest BCUT2D eigenvalue weighted by Crippen LogP contribution is -2.21. The molecule has 0 saturated heterocycles. The van der Waals surface area contributed by atoms with Crippen LogP contribution in [0.1, 0.15) is 23.6 Å². The maximum absolute atomic E-state index is 12.6. The van der Waals surface area contributed by atoms with E-state index >= 15 is 0 Å². The van der Waals surface area contributed by atoms with Crippen molar-refractivity contribution in [3.05, 3.63) is 70.2 Å². The minimum absolute atomic E-state index is 0.0630. The first-order chi connectivity index (χ1) is 11.7. The summed E-state index contributed by atoms with van der Waals surface area (Å²) in [5.74, 6) is 0.172. The third kappa shape index (κ3) is 1.90. The molecule has 3 aromatic rings. The number of carbonyl (C=O) groups excluding carboxylic acids is 1. The zero-order chi connectivity index (χ0) is 16.3. The van der Waals surface area contributed by atoms with Gasteiger partial charge < -0.3 is 5.32 Å². The molecule has 0 unspecified atom stereocenters. The molecular weight excluding hydrogens is 340 g/mol. The molecule has 118 valence electrons. The summed E-state index contributed by atoms with van der Waals surface area (Å²) in [4.78, 5) is 18.6. The predicted octanol–water partition coefficient (Wildman–Crippen LogP) is 4.84. The van der Waals surface area contributed by atoms with Crippen molar-refractivity contribution in [2.24, 2.45) is 0 Å². The summed E-state index contributed by atoms with van der Waals surface area (Å²) < 4.78 is 0. The van der Waals surface area contributed by atoms with Gasteiger partial charge >= 0.3 is 0 Å². The molecular formula is C19H13ClN2OS. The van der Waals surface area contributed by atoms with Crippen LogP contribution in [0, 0.1) is 0 Å². The van der Waals surface area contributed by atoms with E-state index in [1.165, 1.54) is 0 Å². The quantitative estimate of drug-likeness (QED) is 0.717. The lowest BCUT2D eigenvalue weighted by molar-refractivity contribution is -0.118. The van der Waals surface area contributed by atoms with Crippen LogP contribution in [0.3, 0.4) is 0 Å². The van der Waals surface area contributed by atoms with Crippen LogP contribution >= 0.6 is 22.9 Å². The highest BCUT2D eigenvalue weighted by molar-refractivity contribution is 7.13. The molecule has 24 heavy (non-hydrogen) atoms. The number of thiophene rings is 1. The normalized spacial score (nSPS) is 24.0. The van der Waals surface area contributed by atoms with Crippen LogP contribution in [0.2, 0.25) is 5.02 Å². The standard InChI is InChI=1S/C19H13ClN2OS/c20-11-6-7-15-12(9-11)19(18(23)22-15)10-13(19)14-3-1-4-16(21-14)17-5-2-8-24-17/h1-9,13H,10H2,(H,22,23)/t13-,19-/m1/s1. The lowest BCUT2D eigenvalue weighted by atomic mass is 9.93. The van der Waals surface area contributed by atoms with Crippen LogP contribution in [-0.4, -0.2) is 10.9 Å². The SMILES string of the molecule is O=C1Nc2ccc(Cl)cc2[C@@]12C[C@@H]2c1cccc(-c2cccs2)n1. The van der Waals surface area contributed by atoms with Gasteiger partial charge in [-0.15, -0.1) is 11.3 Å². The summed E-state index contributed by atoms with van der Waals surface area (Å²) in [5.41, 5.74) is 3.33. The largest absolute Gasteiger partial charge is 0.325 e.